The second kappa shape index (κ2) is 8.39. The highest BCUT2D eigenvalue weighted by Crippen LogP contribution is 2.32. The van der Waals surface area contributed by atoms with E-state index in [9.17, 15) is 9.59 Å². The van der Waals surface area contributed by atoms with Crippen molar-refractivity contribution in [3.8, 4) is 0 Å². The molecule has 28 heavy (non-hydrogen) atoms. The molecule has 2 saturated heterocycles. The number of carbonyl (C=O) groups is 1. The van der Waals surface area contributed by atoms with Crippen molar-refractivity contribution in [1.29, 1.82) is 0 Å². The number of nitrogens with zero attached hydrogens (tertiary/aromatic N) is 2. The second-order valence-electron chi connectivity index (χ2n) is 8.07. The van der Waals surface area contributed by atoms with Crippen molar-refractivity contribution < 1.29 is 13.9 Å². The number of fused-ring (bicyclic) bond motifs is 1. The smallest absolute Gasteiger partial charge is 0.417 e. The lowest BCUT2D eigenvalue weighted by Crippen LogP contribution is -2.40. The number of aromatic nitrogens is 1. The molecule has 2 aromatic rings. The van der Waals surface area contributed by atoms with E-state index < -0.39 is 0 Å². The third kappa shape index (κ3) is 4.09. The van der Waals surface area contributed by atoms with Crippen molar-refractivity contribution in [1.82, 2.24) is 14.8 Å². The lowest BCUT2D eigenvalue weighted by molar-refractivity contribution is 0.101. The van der Waals surface area contributed by atoms with Crippen LogP contribution in [0.25, 0.3) is 11.1 Å². The average molecular weight is 387 g/mol. The number of para-hydroxylation sites is 1. The number of ether oxygens (including phenoxy) is 1. The summed E-state index contributed by atoms with van der Waals surface area (Å²) in [5, 5.41) is 0. The van der Waals surface area contributed by atoms with E-state index in [1.807, 2.05) is 12.1 Å². The first-order valence-corrected chi connectivity index (χ1v) is 10.3. The van der Waals surface area contributed by atoms with Gasteiger partial charge in [-0.25, -0.2) is 9.59 Å². The molecule has 1 unspecified atom stereocenters. The van der Waals surface area contributed by atoms with Crippen LogP contribution in [0.15, 0.2) is 27.4 Å². The summed E-state index contributed by atoms with van der Waals surface area (Å²) < 4.78 is 10.2. The number of aromatic amines is 1. The minimum atomic E-state index is -0.381. The molecule has 3 heterocycles. The Balaban J connectivity index is 1.32. The largest absolute Gasteiger partial charge is 0.453 e. The van der Waals surface area contributed by atoms with E-state index >= 15 is 0 Å². The fraction of sp³-hybridized carbons (Fsp3) is 0.619. The van der Waals surface area contributed by atoms with Gasteiger partial charge in [0, 0.05) is 31.1 Å². The highest BCUT2D eigenvalue weighted by Gasteiger charge is 2.26. The molecule has 1 atom stereocenters. The molecule has 1 aromatic carbocycles. The molecule has 0 aliphatic carbocycles. The summed E-state index contributed by atoms with van der Waals surface area (Å²) in [5.74, 6) is 0.693. The van der Waals surface area contributed by atoms with Crippen LogP contribution in [0, 0.1) is 5.92 Å². The number of piperidine rings is 2. The van der Waals surface area contributed by atoms with Crippen LogP contribution in [0.5, 0.6) is 0 Å². The number of rotatable bonds is 4. The minimum Gasteiger partial charge on any atom is -0.453 e. The zero-order valence-electron chi connectivity index (χ0n) is 16.5. The molecule has 7 heteroatoms. The van der Waals surface area contributed by atoms with Gasteiger partial charge in [-0.15, -0.1) is 0 Å². The number of carbonyl (C=O) groups excluding carboxylic acids is 1. The highest BCUT2D eigenvalue weighted by molar-refractivity contribution is 5.76. The first-order chi connectivity index (χ1) is 13.6. The van der Waals surface area contributed by atoms with E-state index in [2.05, 4.69) is 16.0 Å². The van der Waals surface area contributed by atoms with Crippen molar-refractivity contribution in [2.24, 2.45) is 5.92 Å². The van der Waals surface area contributed by atoms with Crippen molar-refractivity contribution in [3.63, 3.8) is 0 Å². The van der Waals surface area contributed by atoms with E-state index in [4.69, 9.17) is 9.15 Å². The van der Waals surface area contributed by atoms with E-state index in [1.54, 1.807) is 4.90 Å². The van der Waals surface area contributed by atoms with Crippen LogP contribution in [0.2, 0.25) is 0 Å². The Kier molecular flexibility index (Phi) is 5.71. The van der Waals surface area contributed by atoms with Crippen molar-refractivity contribution in [2.75, 3.05) is 39.8 Å². The third-order valence-electron chi connectivity index (χ3n) is 6.32. The molecular weight excluding hydrogens is 358 g/mol. The second-order valence-corrected chi connectivity index (χ2v) is 8.07. The Morgan fingerprint density at radius 3 is 2.86 bits per heavy atom. The predicted molar refractivity (Wildman–Crippen MR) is 107 cm³/mol. The molecule has 2 aliphatic rings. The maximum atomic E-state index is 11.6. The van der Waals surface area contributed by atoms with Crippen molar-refractivity contribution in [3.05, 3.63) is 34.3 Å². The minimum absolute atomic E-state index is 0.206. The Hall–Kier alpha value is -2.28. The van der Waals surface area contributed by atoms with Gasteiger partial charge < -0.3 is 19.0 Å². The molecule has 0 radical (unpaired) electrons. The molecule has 1 amide bonds. The zero-order valence-corrected chi connectivity index (χ0v) is 16.5. The number of H-pyrrole nitrogens is 1. The van der Waals surface area contributed by atoms with Gasteiger partial charge >= 0.3 is 11.8 Å². The van der Waals surface area contributed by atoms with E-state index in [-0.39, 0.29) is 11.8 Å². The molecule has 0 spiro atoms. The lowest BCUT2D eigenvalue weighted by Gasteiger charge is -2.35. The summed E-state index contributed by atoms with van der Waals surface area (Å²) in [5.41, 5.74) is 2.65. The Morgan fingerprint density at radius 2 is 2.07 bits per heavy atom. The fourth-order valence-electron chi connectivity index (χ4n) is 4.73. The summed E-state index contributed by atoms with van der Waals surface area (Å²) in [4.78, 5) is 30.3. The van der Waals surface area contributed by atoms with Gasteiger partial charge in [0.1, 0.15) is 0 Å². The van der Waals surface area contributed by atoms with Crippen LogP contribution >= 0.6 is 0 Å². The van der Waals surface area contributed by atoms with Crippen LogP contribution in [0.3, 0.4) is 0 Å². The van der Waals surface area contributed by atoms with Gasteiger partial charge in [0.25, 0.3) is 0 Å². The molecular formula is C21H29N3O4. The van der Waals surface area contributed by atoms with Gasteiger partial charge in [0.15, 0.2) is 5.58 Å². The quantitative estimate of drug-likeness (QED) is 0.872. The Morgan fingerprint density at radius 1 is 1.25 bits per heavy atom. The summed E-state index contributed by atoms with van der Waals surface area (Å²) in [6.07, 6.45) is 5.37. The first-order valence-electron chi connectivity index (χ1n) is 10.3. The molecule has 1 N–H and O–H groups in total. The summed E-state index contributed by atoms with van der Waals surface area (Å²) in [6, 6.07) is 5.98. The zero-order chi connectivity index (χ0) is 19.5. The topological polar surface area (TPSA) is 78.8 Å². The average Bonchev–Trinajstić information content (AvgIpc) is 3.12. The molecule has 2 fully saturated rings. The van der Waals surface area contributed by atoms with Gasteiger partial charge in [-0.2, -0.15) is 0 Å². The van der Waals surface area contributed by atoms with Gasteiger partial charge in [0.2, 0.25) is 0 Å². The van der Waals surface area contributed by atoms with Gasteiger partial charge in [0.05, 0.1) is 12.6 Å². The van der Waals surface area contributed by atoms with Crippen LogP contribution < -0.4 is 5.76 Å². The van der Waals surface area contributed by atoms with Gasteiger partial charge in [-0.3, -0.25) is 4.98 Å². The number of hydrogen-bond donors (Lipinski definition) is 1. The molecule has 1 aromatic heterocycles. The maximum Gasteiger partial charge on any atom is 0.417 e. The Labute approximate surface area is 164 Å². The monoisotopic (exact) mass is 387 g/mol. The van der Waals surface area contributed by atoms with Crippen molar-refractivity contribution >= 4 is 17.2 Å². The number of nitrogens with one attached hydrogen (secondary N) is 1. The predicted octanol–water partition coefficient (Wildman–Crippen LogP) is 3.17. The maximum absolute atomic E-state index is 11.6. The number of benzene rings is 1. The SMILES string of the molecule is COC(=O)N1CCC(CCN2CCCC(c3cccc4[nH]c(=O)oc34)C2)CC1. The van der Waals surface area contributed by atoms with Gasteiger partial charge in [-0.1, -0.05) is 12.1 Å². The lowest BCUT2D eigenvalue weighted by atomic mass is 9.89. The molecule has 0 saturated carbocycles. The fourth-order valence-corrected chi connectivity index (χ4v) is 4.73. The van der Waals surface area contributed by atoms with E-state index in [0.717, 1.165) is 75.1 Å². The standard InChI is InChI=1S/C21H29N3O4/c1-27-21(26)24-12-8-15(9-13-24)7-11-23-10-3-4-16(14-23)17-5-2-6-18-19(17)28-20(25)22-18/h2,5-6,15-16H,3-4,7-14H2,1H3,(H,22,25). The van der Waals surface area contributed by atoms with Crippen LogP contribution in [0.4, 0.5) is 4.79 Å². The Bertz CT molecular complexity index is 866. The molecule has 7 nitrogen and oxygen atoms in total. The number of methoxy groups -OCH3 is 1. The van der Waals surface area contributed by atoms with Crippen molar-refractivity contribution in [2.45, 2.75) is 38.0 Å². The van der Waals surface area contributed by atoms with Crippen LogP contribution in [-0.2, 0) is 4.74 Å². The van der Waals surface area contributed by atoms with E-state index in [1.165, 1.54) is 13.5 Å². The number of hydrogen-bond acceptors (Lipinski definition) is 5. The van der Waals surface area contributed by atoms with Gasteiger partial charge in [-0.05, 0) is 57.2 Å². The van der Waals surface area contributed by atoms with E-state index in [0.29, 0.717) is 11.8 Å². The van der Waals surface area contributed by atoms with Crippen LogP contribution in [0.1, 0.15) is 43.6 Å². The normalized spacial score (nSPS) is 21.9. The molecule has 4 rings (SSSR count). The molecule has 152 valence electrons. The highest BCUT2D eigenvalue weighted by atomic mass is 16.5. The number of amides is 1. The summed E-state index contributed by atoms with van der Waals surface area (Å²) >= 11 is 0. The third-order valence-corrected chi connectivity index (χ3v) is 6.32. The number of likely N-dealkylation sites (tertiary alicyclic amines) is 2. The summed E-state index contributed by atoms with van der Waals surface area (Å²) in [6.45, 7) is 4.83. The molecule has 2 aliphatic heterocycles. The molecule has 0 bridgehead atoms. The summed E-state index contributed by atoms with van der Waals surface area (Å²) in [7, 11) is 1.44. The number of oxazole rings is 1. The van der Waals surface area contributed by atoms with Crippen LogP contribution in [-0.4, -0.2) is 60.7 Å². The first kappa shape index (κ1) is 19.1.